The van der Waals surface area contributed by atoms with E-state index in [1.54, 1.807) is 4.57 Å². The molecule has 4 N–H and O–H groups in total. The Balaban J connectivity index is 2.02. The largest absolute Gasteiger partial charge is 0.396 e. The summed E-state index contributed by atoms with van der Waals surface area (Å²) in [5.74, 6) is 0.448. The Morgan fingerprint density at radius 1 is 1.23 bits per heavy atom. The standard InChI is InChI=1S/C14H21N5O3/c20-8-4-7-15-13-16-10-11(17-13)19(14(22)18-12(10)21)9-5-2-1-3-6-9/h9,20H,1-8H2,(H2,15,16,17)(H,18,21,22). The lowest BCUT2D eigenvalue weighted by molar-refractivity contribution is 0.292. The fourth-order valence-electron chi connectivity index (χ4n) is 3.06. The lowest BCUT2D eigenvalue weighted by atomic mass is 9.95. The van der Waals surface area contributed by atoms with Crippen LogP contribution in [0.1, 0.15) is 44.6 Å². The molecule has 8 nitrogen and oxygen atoms in total. The summed E-state index contributed by atoms with van der Waals surface area (Å²) < 4.78 is 1.61. The van der Waals surface area contributed by atoms with Gasteiger partial charge in [0.25, 0.3) is 5.56 Å². The first-order valence-electron chi connectivity index (χ1n) is 7.80. The van der Waals surface area contributed by atoms with Gasteiger partial charge in [0.1, 0.15) is 0 Å². The molecule has 1 aliphatic carbocycles. The van der Waals surface area contributed by atoms with Crippen LogP contribution in [0.2, 0.25) is 0 Å². The number of nitrogens with zero attached hydrogens (tertiary/aromatic N) is 2. The summed E-state index contributed by atoms with van der Waals surface area (Å²) >= 11 is 0. The predicted molar refractivity (Wildman–Crippen MR) is 83.3 cm³/mol. The van der Waals surface area contributed by atoms with E-state index in [0.29, 0.717) is 30.1 Å². The van der Waals surface area contributed by atoms with Gasteiger partial charge in [0.15, 0.2) is 11.2 Å². The van der Waals surface area contributed by atoms with Gasteiger partial charge in [0.05, 0.1) is 0 Å². The Kier molecular flexibility index (Phi) is 4.28. The summed E-state index contributed by atoms with van der Waals surface area (Å²) in [7, 11) is 0. The molecule has 2 heterocycles. The third kappa shape index (κ3) is 2.78. The Morgan fingerprint density at radius 2 is 2.00 bits per heavy atom. The molecule has 3 rings (SSSR count). The van der Waals surface area contributed by atoms with E-state index in [-0.39, 0.29) is 12.6 Å². The van der Waals surface area contributed by atoms with Gasteiger partial charge in [-0.25, -0.2) is 4.79 Å². The highest BCUT2D eigenvalue weighted by atomic mass is 16.3. The minimum atomic E-state index is -0.449. The van der Waals surface area contributed by atoms with Crippen molar-refractivity contribution in [1.29, 1.82) is 0 Å². The SMILES string of the molecule is O=c1[nH]c(=O)n(C2CCCCC2)c2nc(NCCCO)[nH]c12. The first-order chi connectivity index (χ1) is 10.7. The molecule has 0 bridgehead atoms. The number of nitrogens with one attached hydrogen (secondary N) is 3. The van der Waals surface area contributed by atoms with E-state index in [9.17, 15) is 9.59 Å². The molecule has 0 amide bonds. The van der Waals surface area contributed by atoms with Gasteiger partial charge in [-0.05, 0) is 19.3 Å². The maximum absolute atomic E-state index is 12.2. The van der Waals surface area contributed by atoms with Gasteiger partial charge in [0, 0.05) is 19.2 Å². The highest BCUT2D eigenvalue weighted by molar-refractivity contribution is 5.72. The number of imidazole rings is 1. The van der Waals surface area contributed by atoms with Gasteiger partial charge < -0.3 is 15.4 Å². The summed E-state index contributed by atoms with van der Waals surface area (Å²) in [6, 6.07) is 0.0918. The smallest absolute Gasteiger partial charge is 0.330 e. The molecular formula is C14H21N5O3. The second-order valence-corrected chi connectivity index (χ2v) is 5.71. The van der Waals surface area contributed by atoms with Gasteiger partial charge >= 0.3 is 5.69 Å². The number of hydrogen-bond donors (Lipinski definition) is 4. The maximum atomic E-state index is 12.2. The highest BCUT2D eigenvalue weighted by Gasteiger charge is 2.21. The third-order valence-electron chi connectivity index (χ3n) is 4.15. The van der Waals surface area contributed by atoms with E-state index < -0.39 is 11.2 Å². The number of aliphatic hydroxyl groups is 1. The Labute approximate surface area is 126 Å². The minimum Gasteiger partial charge on any atom is -0.396 e. The van der Waals surface area contributed by atoms with Crippen molar-refractivity contribution in [3.8, 4) is 0 Å². The molecule has 2 aromatic rings. The van der Waals surface area contributed by atoms with Crippen molar-refractivity contribution in [3.63, 3.8) is 0 Å². The van der Waals surface area contributed by atoms with Gasteiger partial charge in [-0.2, -0.15) is 4.98 Å². The van der Waals surface area contributed by atoms with Crippen molar-refractivity contribution in [2.75, 3.05) is 18.5 Å². The highest BCUT2D eigenvalue weighted by Crippen LogP contribution is 2.28. The summed E-state index contributed by atoms with van der Waals surface area (Å²) in [5.41, 5.74) is -0.114. The van der Waals surface area contributed by atoms with Crippen LogP contribution in [0.15, 0.2) is 9.59 Å². The zero-order valence-electron chi connectivity index (χ0n) is 12.4. The fourth-order valence-corrected chi connectivity index (χ4v) is 3.06. The quantitative estimate of drug-likeness (QED) is 0.607. The molecule has 0 spiro atoms. The van der Waals surface area contributed by atoms with Crippen LogP contribution in [0.4, 0.5) is 5.95 Å². The third-order valence-corrected chi connectivity index (χ3v) is 4.15. The van der Waals surface area contributed by atoms with Crippen molar-refractivity contribution in [3.05, 3.63) is 20.8 Å². The summed E-state index contributed by atoms with van der Waals surface area (Å²) in [6.07, 6.45) is 5.81. The number of aromatic nitrogens is 4. The molecule has 0 aromatic carbocycles. The lowest BCUT2D eigenvalue weighted by Crippen LogP contribution is -2.33. The summed E-state index contributed by atoms with van der Waals surface area (Å²) in [5, 5.41) is 11.8. The van der Waals surface area contributed by atoms with Crippen LogP contribution in [0.25, 0.3) is 11.2 Å². The Morgan fingerprint density at radius 3 is 2.73 bits per heavy atom. The van der Waals surface area contributed by atoms with Gasteiger partial charge in [-0.1, -0.05) is 19.3 Å². The van der Waals surface area contributed by atoms with Crippen molar-refractivity contribution < 1.29 is 5.11 Å². The van der Waals surface area contributed by atoms with Crippen molar-refractivity contribution in [2.45, 2.75) is 44.6 Å². The first kappa shape index (κ1) is 14.8. The fraction of sp³-hybridized carbons (Fsp3) is 0.643. The van der Waals surface area contributed by atoms with Crippen LogP contribution in [0, 0.1) is 0 Å². The van der Waals surface area contributed by atoms with Crippen LogP contribution in [0.5, 0.6) is 0 Å². The first-order valence-corrected chi connectivity index (χ1v) is 7.80. The van der Waals surface area contributed by atoms with Gasteiger partial charge in [-0.15, -0.1) is 0 Å². The molecule has 0 atom stereocenters. The Bertz CT molecular complexity index is 754. The molecule has 1 fully saturated rings. The topological polar surface area (TPSA) is 116 Å². The number of aromatic amines is 2. The molecule has 1 aliphatic rings. The monoisotopic (exact) mass is 307 g/mol. The van der Waals surface area contributed by atoms with Crippen molar-refractivity contribution in [2.24, 2.45) is 0 Å². The van der Waals surface area contributed by atoms with Crippen molar-refractivity contribution >= 4 is 17.1 Å². The normalized spacial score (nSPS) is 16.2. The summed E-state index contributed by atoms with van der Waals surface area (Å²) in [4.78, 5) is 33.9. The average Bonchev–Trinajstić information content (AvgIpc) is 2.93. The maximum Gasteiger partial charge on any atom is 0.330 e. The van der Waals surface area contributed by atoms with E-state index in [1.165, 1.54) is 6.42 Å². The minimum absolute atomic E-state index is 0.0839. The molecule has 2 aromatic heterocycles. The van der Waals surface area contributed by atoms with E-state index in [0.717, 1.165) is 25.7 Å². The zero-order chi connectivity index (χ0) is 15.5. The lowest BCUT2D eigenvalue weighted by Gasteiger charge is -2.23. The molecule has 0 saturated heterocycles. The van der Waals surface area contributed by atoms with Crippen LogP contribution in [-0.2, 0) is 0 Å². The van der Waals surface area contributed by atoms with E-state index in [4.69, 9.17) is 5.11 Å². The molecule has 0 aliphatic heterocycles. The van der Waals surface area contributed by atoms with Crippen LogP contribution >= 0.6 is 0 Å². The molecule has 0 radical (unpaired) electrons. The van der Waals surface area contributed by atoms with Crippen LogP contribution in [-0.4, -0.2) is 37.8 Å². The average molecular weight is 307 g/mol. The second kappa shape index (κ2) is 6.35. The molecular weight excluding hydrogens is 286 g/mol. The van der Waals surface area contributed by atoms with E-state index in [1.807, 2.05) is 0 Å². The number of H-pyrrole nitrogens is 2. The molecule has 8 heteroatoms. The van der Waals surface area contributed by atoms with E-state index in [2.05, 4.69) is 20.3 Å². The van der Waals surface area contributed by atoms with Gasteiger partial charge in [0.2, 0.25) is 5.95 Å². The predicted octanol–water partition coefficient (Wildman–Crippen LogP) is 0.712. The van der Waals surface area contributed by atoms with E-state index >= 15 is 0 Å². The number of anilines is 1. The molecule has 120 valence electrons. The molecule has 22 heavy (non-hydrogen) atoms. The molecule has 1 saturated carbocycles. The number of hydrogen-bond acceptors (Lipinski definition) is 5. The van der Waals surface area contributed by atoms with Crippen molar-refractivity contribution in [1.82, 2.24) is 19.5 Å². The second-order valence-electron chi connectivity index (χ2n) is 5.71. The Hall–Kier alpha value is -2.09. The number of aliphatic hydroxyl groups excluding tert-OH is 1. The van der Waals surface area contributed by atoms with Crippen LogP contribution < -0.4 is 16.6 Å². The van der Waals surface area contributed by atoms with Gasteiger partial charge in [-0.3, -0.25) is 14.3 Å². The molecule has 0 unspecified atom stereocenters. The van der Waals surface area contributed by atoms with Crippen LogP contribution in [0.3, 0.4) is 0 Å². The summed E-state index contributed by atoms with van der Waals surface area (Å²) in [6.45, 7) is 0.627. The number of rotatable bonds is 5. The zero-order valence-corrected chi connectivity index (χ0v) is 12.4. The number of fused-ring (bicyclic) bond motifs is 1.